The standard InChI is InChI=1S/C17H18N6O2S/c18-8-11-1-2-15(20-9-11)23-5-3-12(4-6-23)16(25)22-17-21-13(10-26-17)7-14(19)24/h1-2,9-10,12H,3-7H2,(H2,19,24)(H,21,22,25). The van der Waals surface area contributed by atoms with E-state index in [9.17, 15) is 9.59 Å². The van der Waals surface area contributed by atoms with Crippen molar-refractivity contribution in [1.82, 2.24) is 9.97 Å². The molecule has 3 rings (SSSR count). The van der Waals surface area contributed by atoms with Crippen LogP contribution in [0.25, 0.3) is 0 Å². The maximum absolute atomic E-state index is 12.4. The summed E-state index contributed by atoms with van der Waals surface area (Å²) in [4.78, 5) is 33.9. The summed E-state index contributed by atoms with van der Waals surface area (Å²) in [6, 6.07) is 5.62. The van der Waals surface area contributed by atoms with Crippen LogP contribution in [0.5, 0.6) is 0 Å². The quantitative estimate of drug-likeness (QED) is 0.817. The van der Waals surface area contributed by atoms with E-state index in [-0.39, 0.29) is 18.2 Å². The third kappa shape index (κ3) is 4.34. The molecule has 2 aromatic heterocycles. The monoisotopic (exact) mass is 370 g/mol. The lowest BCUT2D eigenvalue weighted by Crippen LogP contribution is -2.38. The van der Waals surface area contributed by atoms with Crippen molar-refractivity contribution in [3.05, 3.63) is 35.0 Å². The number of aromatic nitrogens is 2. The van der Waals surface area contributed by atoms with E-state index in [1.165, 1.54) is 11.3 Å². The van der Waals surface area contributed by atoms with Crippen molar-refractivity contribution in [2.45, 2.75) is 19.3 Å². The molecule has 1 aliphatic rings. The second kappa shape index (κ2) is 7.93. The SMILES string of the molecule is N#Cc1ccc(N2CCC(C(=O)Nc3nc(CC(N)=O)cs3)CC2)nc1. The van der Waals surface area contributed by atoms with Gasteiger partial charge >= 0.3 is 0 Å². The number of hydrogen-bond acceptors (Lipinski definition) is 7. The number of piperidine rings is 1. The number of pyridine rings is 1. The van der Waals surface area contributed by atoms with Gasteiger partial charge in [-0.25, -0.2) is 9.97 Å². The molecule has 0 atom stereocenters. The van der Waals surface area contributed by atoms with E-state index in [1.54, 1.807) is 17.6 Å². The lowest BCUT2D eigenvalue weighted by Gasteiger charge is -2.31. The number of nitriles is 1. The van der Waals surface area contributed by atoms with Crippen LogP contribution in [0.15, 0.2) is 23.7 Å². The molecule has 9 heteroatoms. The predicted molar refractivity (Wildman–Crippen MR) is 97.5 cm³/mol. The first-order valence-corrected chi connectivity index (χ1v) is 9.08. The lowest BCUT2D eigenvalue weighted by molar-refractivity contribution is -0.120. The molecule has 0 bridgehead atoms. The molecule has 0 spiro atoms. The summed E-state index contributed by atoms with van der Waals surface area (Å²) in [6.07, 6.45) is 3.06. The van der Waals surface area contributed by atoms with Crippen LogP contribution >= 0.6 is 11.3 Å². The fraction of sp³-hybridized carbons (Fsp3) is 0.353. The van der Waals surface area contributed by atoms with Gasteiger partial charge in [-0.2, -0.15) is 5.26 Å². The number of rotatable bonds is 5. The summed E-state index contributed by atoms with van der Waals surface area (Å²) in [6.45, 7) is 1.45. The predicted octanol–water partition coefficient (Wildman–Crippen LogP) is 1.29. The van der Waals surface area contributed by atoms with Crippen LogP contribution in [0.4, 0.5) is 10.9 Å². The van der Waals surface area contributed by atoms with Crippen molar-refractivity contribution in [2.75, 3.05) is 23.3 Å². The fourth-order valence-corrected chi connectivity index (χ4v) is 3.55. The molecule has 0 saturated carbocycles. The van der Waals surface area contributed by atoms with Crippen molar-refractivity contribution in [3.8, 4) is 6.07 Å². The topological polar surface area (TPSA) is 125 Å². The summed E-state index contributed by atoms with van der Waals surface area (Å²) in [7, 11) is 0. The average molecular weight is 370 g/mol. The van der Waals surface area contributed by atoms with Gasteiger partial charge in [-0.15, -0.1) is 11.3 Å². The number of anilines is 2. The smallest absolute Gasteiger partial charge is 0.229 e. The minimum absolute atomic E-state index is 0.0580. The first kappa shape index (κ1) is 17.8. The van der Waals surface area contributed by atoms with E-state index in [0.717, 1.165) is 18.9 Å². The Morgan fingerprint density at radius 2 is 2.15 bits per heavy atom. The van der Waals surface area contributed by atoms with E-state index in [2.05, 4.69) is 20.2 Å². The Hall–Kier alpha value is -2.99. The van der Waals surface area contributed by atoms with E-state index < -0.39 is 5.91 Å². The molecule has 2 aromatic rings. The van der Waals surface area contributed by atoms with Crippen LogP contribution in [0.2, 0.25) is 0 Å². The second-order valence-corrected chi connectivity index (χ2v) is 6.91. The molecule has 0 unspecified atom stereocenters. The Morgan fingerprint density at radius 3 is 2.77 bits per heavy atom. The highest BCUT2D eigenvalue weighted by Crippen LogP contribution is 2.24. The van der Waals surface area contributed by atoms with Crippen LogP contribution in [0, 0.1) is 17.2 Å². The molecule has 1 saturated heterocycles. The zero-order valence-corrected chi connectivity index (χ0v) is 14.8. The maximum Gasteiger partial charge on any atom is 0.229 e. The first-order valence-electron chi connectivity index (χ1n) is 8.20. The Balaban J connectivity index is 1.52. The number of nitrogens with two attached hydrogens (primary N) is 1. The van der Waals surface area contributed by atoms with E-state index >= 15 is 0 Å². The molecule has 1 aliphatic heterocycles. The van der Waals surface area contributed by atoms with Gasteiger partial charge in [0.1, 0.15) is 11.9 Å². The summed E-state index contributed by atoms with van der Waals surface area (Å²) in [5, 5.41) is 13.9. The minimum atomic E-state index is -0.447. The summed E-state index contributed by atoms with van der Waals surface area (Å²) >= 11 is 1.29. The Bertz CT molecular complexity index is 834. The fourth-order valence-electron chi connectivity index (χ4n) is 2.84. The number of amides is 2. The van der Waals surface area contributed by atoms with Crippen molar-refractivity contribution in [3.63, 3.8) is 0 Å². The van der Waals surface area contributed by atoms with Crippen LogP contribution in [0.3, 0.4) is 0 Å². The van der Waals surface area contributed by atoms with E-state index in [4.69, 9.17) is 11.0 Å². The van der Waals surface area contributed by atoms with Crippen LogP contribution in [0.1, 0.15) is 24.1 Å². The molecular weight excluding hydrogens is 352 g/mol. The van der Waals surface area contributed by atoms with Gasteiger partial charge in [0.25, 0.3) is 0 Å². The van der Waals surface area contributed by atoms with Crippen LogP contribution < -0.4 is 16.0 Å². The molecular formula is C17H18N6O2S. The molecule has 0 aromatic carbocycles. The van der Waals surface area contributed by atoms with Gasteiger partial charge in [-0.1, -0.05) is 0 Å². The molecule has 3 N–H and O–H groups in total. The highest BCUT2D eigenvalue weighted by molar-refractivity contribution is 7.13. The average Bonchev–Trinajstić information content (AvgIpc) is 3.08. The zero-order valence-electron chi connectivity index (χ0n) is 14.0. The number of carbonyl (C=O) groups is 2. The van der Waals surface area contributed by atoms with Crippen molar-refractivity contribution >= 4 is 34.1 Å². The zero-order chi connectivity index (χ0) is 18.5. The number of nitrogens with zero attached hydrogens (tertiary/aromatic N) is 4. The summed E-state index contributed by atoms with van der Waals surface area (Å²) < 4.78 is 0. The third-order valence-corrected chi connectivity index (χ3v) is 5.01. The molecule has 0 radical (unpaired) electrons. The highest BCUT2D eigenvalue weighted by atomic mass is 32.1. The number of primary amides is 1. The van der Waals surface area contributed by atoms with E-state index in [0.29, 0.717) is 29.2 Å². The third-order valence-electron chi connectivity index (χ3n) is 4.20. The Labute approximate surface area is 154 Å². The number of hydrogen-bond donors (Lipinski definition) is 2. The van der Waals surface area contributed by atoms with Crippen LogP contribution in [-0.4, -0.2) is 34.9 Å². The van der Waals surface area contributed by atoms with Crippen molar-refractivity contribution in [1.29, 1.82) is 5.26 Å². The highest BCUT2D eigenvalue weighted by Gasteiger charge is 2.26. The summed E-state index contributed by atoms with van der Waals surface area (Å²) in [5.74, 6) is 0.223. The van der Waals surface area contributed by atoms with Gasteiger partial charge in [0.15, 0.2) is 5.13 Å². The normalized spacial score (nSPS) is 14.7. The Morgan fingerprint density at radius 1 is 1.38 bits per heavy atom. The van der Waals surface area contributed by atoms with Crippen molar-refractivity contribution in [2.24, 2.45) is 11.7 Å². The molecule has 26 heavy (non-hydrogen) atoms. The van der Waals surface area contributed by atoms with Gasteiger partial charge in [0.05, 0.1) is 17.7 Å². The van der Waals surface area contributed by atoms with Gasteiger partial charge in [0.2, 0.25) is 11.8 Å². The summed E-state index contributed by atoms with van der Waals surface area (Å²) in [5.41, 5.74) is 6.24. The van der Waals surface area contributed by atoms with Gasteiger partial charge in [-0.05, 0) is 25.0 Å². The number of carbonyl (C=O) groups excluding carboxylic acids is 2. The first-order chi connectivity index (χ1) is 12.5. The van der Waals surface area contributed by atoms with Gasteiger partial charge < -0.3 is 16.0 Å². The molecule has 1 fully saturated rings. The van der Waals surface area contributed by atoms with Gasteiger partial charge in [0, 0.05) is 30.6 Å². The largest absolute Gasteiger partial charge is 0.369 e. The minimum Gasteiger partial charge on any atom is -0.369 e. The molecule has 3 heterocycles. The van der Waals surface area contributed by atoms with Crippen LogP contribution in [-0.2, 0) is 16.0 Å². The molecule has 2 amide bonds. The van der Waals surface area contributed by atoms with Gasteiger partial charge in [-0.3, -0.25) is 9.59 Å². The lowest BCUT2D eigenvalue weighted by atomic mass is 9.96. The Kier molecular flexibility index (Phi) is 5.43. The second-order valence-electron chi connectivity index (χ2n) is 6.05. The van der Waals surface area contributed by atoms with Crippen molar-refractivity contribution < 1.29 is 9.59 Å². The molecule has 134 valence electrons. The van der Waals surface area contributed by atoms with E-state index in [1.807, 2.05) is 12.1 Å². The number of nitrogens with one attached hydrogen (secondary N) is 1. The maximum atomic E-state index is 12.4. The molecule has 8 nitrogen and oxygen atoms in total. The molecule has 0 aliphatic carbocycles. The number of thiazole rings is 1.